The van der Waals surface area contributed by atoms with Crippen molar-refractivity contribution in [2.75, 3.05) is 0 Å². The lowest BCUT2D eigenvalue weighted by Gasteiger charge is -2.22. The number of hydrogen-bond donors (Lipinski definition) is 1. The van der Waals surface area contributed by atoms with Crippen molar-refractivity contribution in [3.8, 4) is 28.4 Å². The molecule has 0 amide bonds. The Morgan fingerprint density at radius 3 is 2.53 bits per heavy atom. The maximum absolute atomic E-state index is 14.9. The summed E-state index contributed by atoms with van der Waals surface area (Å²) in [6.07, 6.45) is 9.54. The van der Waals surface area contributed by atoms with Crippen molar-refractivity contribution >= 4 is 11.6 Å². The summed E-state index contributed by atoms with van der Waals surface area (Å²) < 4.78 is 20.9. The summed E-state index contributed by atoms with van der Waals surface area (Å²) in [4.78, 5) is 12.0. The van der Waals surface area contributed by atoms with Gasteiger partial charge in [-0.1, -0.05) is 25.6 Å². The van der Waals surface area contributed by atoms with Gasteiger partial charge >= 0.3 is 0 Å². The average molecular weight is 404 g/mol. The van der Waals surface area contributed by atoms with E-state index in [1.54, 1.807) is 18.3 Å². The highest BCUT2D eigenvalue weighted by Crippen LogP contribution is 2.29. The molecule has 1 saturated carbocycles. The molecular weight excluding hydrogens is 377 g/mol. The van der Waals surface area contributed by atoms with Crippen LogP contribution in [0.1, 0.15) is 50.4 Å². The molecule has 1 fully saturated rings. The third-order valence-electron chi connectivity index (χ3n) is 5.47. The summed E-state index contributed by atoms with van der Waals surface area (Å²) in [5.41, 5.74) is 4.22. The van der Waals surface area contributed by atoms with E-state index in [1.165, 1.54) is 25.3 Å². The van der Waals surface area contributed by atoms with E-state index in [4.69, 9.17) is 4.74 Å². The molecule has 3 aromatic rings. The van der Waals surface area contributed by atoms with E-state index in [9.17, 15) is 4.39 Å². The first-order valence-corrected chi connectivity index (χ1v) is 10.4. The first kappa shape index (κ1) is 20.1. The number of aromatic amines is 1. The van der Waals surface area contributed by atoms with Crippen molar-refractivity contribution in [2.24, 2.45) is 0 Å². The molecule has 1 aromatic carbocycles. The number of ether oxygens (including phenoxy) is 1. The van der Waals surface area contributed by atoms with Crippen LogP contribution in [0.25, 0.3) is 34.2 Å². The lowest BCUT2D eigenvalue weighted by atomic mass is 9.98. The van der Waals surface area contributed by atoms with E-state index < -0.39 is 0 Å². The summed E-state index contributed by atoms with van der Waals surface area (Å²) in [7, 11) is 0. The van der Waals surface area contributed by atoms with Gasteiger partial charge in [0.05, 0.1) is 17.0 Å². The third-order valence-corrected chi connectivity index (χ3v) is 5.47. The lowest BCUT2D eigenvalue weighted by molar-refractivity contribution is 0.148. The Hall–Kier alpha value is -3.21. The summed E-state index contributed by atoms with van der Waals surface area (Å²) in [6.45, 7) is 9.56. The summed E-state index contributed by atoms with van der Waals surface area (Å²) in [6, 6.07) is 8.88. The van der Waals surface area contributed by atoms with Gasteiger partial charge in [-0.3, -0.25) is 0 Å². The Labute approximate surface area is 176 Å². The number of imidazole rings is 1. The van der Waals surface area contributed by atoms with E-state index in [1.807, 2.05) is 25.1 Å². The fourth-order valence-electron chi connectivity index (χ4n) is 3.85. The van der Waals surface area contributed by atoms with Crippen LogP contribution in [-0.2, 0) is 0 Å². The largest absolute Gasteiger partial charge is 0.474 e. The first-order valence-electron chi connectivity index (χ1n) is 10.4. The van der Waals surface area contributed by atoms with E-state index in [0.29, 0.717) is 23.0 Å². The molecule has 0 radical (unpaired) electrons. The number of hydrogen-bond acceptors (Lipinski definition) is 3. The zero-order chi connectivity index (χ0) is 21.1. The lowest BCUT2D eigenvalue weighted by Crippen LogP contribution is -2.20. The van der Waals surface area contributed by atoms with Crippen LogP contribution in [-0.4, -0.2) is 21.1 Å². The Morgan fingerprint density at radius 2 is 1.93 bits per heavy atom. The van der Waals surface area contributed by atoms with Gasteiger partial charge < -0.3 is 9.72 Å². The van der Waals surface area contributed by atoms with Crippen molar-refractivity contribution < 1.29 is 9.13 Å². The van der Waals surface area contributed by atoms with Crippen LogP contribution in [0.2, 0.25) is 0 Å². The van der Waals surface area contributed by atoms with Crippen molar-refractivity contribution in [1.82, 2.24) is 15.0 Å². The van der Waals surface area contributed by atoms with Gasteiger partial charge in [0, 0.05) is 17.8 Å². The van der Waals surface area contributed by atoms with Crippen LogP contribution in [0, 0.1) is 5.82 Å². The van der Waals surface area contributed by atoms with Crippen LogP contribution in [0.15, 0.2) is 49.7 Å². The minimum Gasteiger partial charge on any atom is -0.474 e. The van der Waals surface area contributed by atoms with Gasteiger partial charge in [0.25, 0.3) is 0 Å². The third kappa shape index (κ3) is 4.20. The first-order chi connectivity index (χ1) is 14.5. The summed E-state index contributed by atoms with van der Waals surface area (Å²) >= 11 is 0. The standard InChI is InChI=1S/C25H26FN3O/c1-4-22-24(16(2)3)29-25(28-22)20-12-10-17(14-21(20)26)18-11-13-23(27-15-18)30-19-8-6-5-7-9-19/h4,10-15,19H,1-2,5-9H2,3H3,(H,28,29). The highest BCUT2D eigenvalue weighted by molar-refractivity contribution is 5.73. The molecule has 4 nitrogen and oxygen atoms in total. The Balaban J connectivity index is 1.54. The van der Waals surface area contributed by atoms with Crippen molar-refractivity contribution in [3.63, 3.8) is 0 Å². The maximum Gasteiger partial charge on any atom is 0.213 e. The van der Waals surface area contributed by atoms with Crippen LogP contribution in [0.4, 0.5) is 4.39 Å². The number of pyridine rings is 1. The van der Waals surface area contributed by atoms with Crippen LogP contribution in [0.3, 0.4) is 0 Å². The second-order valence-corrected chi connectivity index (χ2v) is 7.79. The van der Waals surface area contributed by atoms with Crippen molar-refractivity contribution in [2.45, 2.75) is 45.1 Å². The number of benzene rings is 1. The van der Waals surface area contributed by atoms with E-state index in [2.05, 4.69) is 28.1 Å². The van der Waals surface area contributed by atoms with Gasteiger partial charge in [-0.2, -0.15) is 0 Å². The number of halogens is 1. The molecule has 2 aromatic heterocycles. The van der Waals surface area contributed by atoms with Crippen LogP contribution < -0.4 is 4.74 Å². The summed E-state index contributed by atoms with van der Waals surface area (Å²) in [5, 5.41) is 0. The molecule has 30 heavy (non-hydrogen) atoms. The topological polar surface area (TPSA) is 50.8 Å². The monoisotopic (exact) mass is 403 g/mol. The van der Waals surface area contributed by atoms with E-state index >= 15 is 0 Å². The van der Waals surface area contributed by atoms with Gasteiger partial charge in [-0.05, 0) is 68.0 Å². The summed E-state index contributed by atoms with van der Waals surface area (Å²) in [5.74, 6) is 0.733. The van der Waals surface area contributed by atoms with Gasteiger partial charge in [0.2, 0.25) is 5.88 Å². The minimum atomic E-state index is -0.354. The Morgan fingerprint density at radius 1 is 1.17 bits per heavy atom. The molecule has 0 spiro atoms. The number of H-pyrrole nitrogens is 1. The molecule has 1 aliphatic rings. The Kier molecular flexibility index (Phi) is 5.79. The smallest absolute Gasteiger partial charge is 0.213 e. The molecule has 0 saturated heterocycles. The molecule has 0 unspecified atom stereocenters. The van der Waals surface area contributed by atoms with Gasteiger partial charge in [-0.25, -0.2) is 14.4 Å². The molecule has 4 rings (SSSR count). The normalized spacial score (nSPS) is 14.5. The zero-order valence-corrected chi connectivity index (χ0v) is 17.2. The van der Waals surface area contributed by atoms with Gasteiger partial charge in [-0.15, -0.1) is 0 Å². The molecular formula is C25H26FN3O. The van der Waals surface area contributed by atoms with Crippen molar-refractivity contribution in [3.05, 3.63) is 66.9 Å². The zero-order valence-electron chi connectivity index (χ0n) is 17.2. The molecule has 1 aliphatic carbocycles. The molecule has 154 valence electrons. The fourth-order valence-corrected chi connectivity index (χ4v) is 3.85. The molecule has 5 heteroatoms. The number of nitrogens with one attached hydrogen (secondary N) is 1. The molecule has 1 N–H and O–H groups in total. The predicted molar refractivity (Wildman–Crippen MR) is 120 cm³/mol. The molecule has 0 aliphatic heterocycles. The number of allylic oxidation sites excluding steroid dienone is 1. The van der Waals surface area contributed by atoms with Gasteiger partial charge in [0.1, 0.15) is 17.7 Å². The predicted octanol–water partition coefficient (Wildman–Crippen LogP) is 6.67. The quantitative estimate of drug-likeness (QED) is 0.500. The molecule has 0 bridgehead atoms. The highest BCUT2D eigenvalue weighted by Gasteiger charge is 2.16. The highest BCUT2D eigenvalue weighted by atomic mass is 19.1. The molecule has 2 heterocycles. The van der Waals surface area contributed by atoms with Crippen LogP contribution in [0.5, 0.6) is 5.88 Å². The maximum atomic E-state index is 14.9. The number of nitrogens with zero attached hydrogens (tertiary/aromatic N) is 2. The van der Waals surface area contributed by atoms with Gasteiger partial charge in [0.15, 0.2) is 0 Å². The SMILES string of the molecule is C=Cc1[nH]c(-c2ccc(-c3ccc(OC4CCCCC4)nc3)cc2F)nc1C(=C)C. The fraction of sp³-hybridized carbons (Fsp3) is 0.280. The van der Waals surface area contributed by atoms with Crippen LogP contribution >= 0.6 is 0 Å². The average Bonchev–Trinajstić information content (AvgIpc) is 3.19. The number of rotatable bonds is 6. The second kappa shape index (κ2) is 8.66. The van der Waals surface area contributed by atoms with Crippen molar-refractivity contribution in [1.29, 1.82) is 0 Å². The Bertz CT molecular complexity index is 1060. The second-order valence-electron chi connectivity index (χ2n) is 7.79. The van der Waals surface area contributed by atoms with E-state index in [0.717, 1.165) is 35.2 Å². The number of aromatic nitrogens is 3. The minimum absolute atomic E-state index is 0.256. The van der Waals surface area contributed by atoms with E-state index in [-0.39, 0.29) is 11.9 Å². The molecule has 0 atom stereocenters.